The van der Waals surface area contributed by atoms with Crippen molar-refractivity contribution in [3.05, 3.63) is 66.2 Å². The van der Waals surface area contributed by atoms with Crippen LogP contribution in [0, 0.1) is 34.1 Å². The monoisotopic (exact) mass is 416 g/mol. The number of aromatic nitrogens is 1. The summed E-state index contributed by atoms with van der Waals surface area (Å²) in [5.41, 5.74) is -0.282. The molecule has 0 aliphatic rings. The van der Waals surface area contributed by atoms with E-state index in [0.29, 0.717) is 21.5 Å². The van der Waals surface area contributed by atoms with Crippen molar-refractivity contribution in [3.8, 4) is 0 Å². The van der Waals surface area contributed by atoms with Crippen molar-refractivity contribution in [2.75, 3.05) is 5.32 Å². The lowest BCUT2D eigenvalue weighted by molar-refractivity contribution is -0.394. The van der Waals surface area contributed by atoms with Gasteiger partial charge < -0.3 is 10.4 Å². The third kappa shape index (κ3) is 3.73. The molecule has 3 rings (SSSR count). The number of nitrogens with one attached hydrogen (secondary N) is 1. The molecular formula is C17H12N4O7S. The van der Waals surface area contributed by atoms with Gasteiger partial charge in [-0.15, -0.1) is 11.3 Å². The first-order chi connectivity index (χ1) is 13.6. The Hall–Kier alpha value is -3.93. The molecule has 0 atom stereocenters. The number of nitro groups is 2. The molecule has 3 aromatic rings. The second kappa shape index (κ2) is 7.24. The van der Waals surface area contributed by atoms with Crippen LogP contribution < -0.4 is 5.32 Å². The van der Waals surface area contributed by atoms with Gasteiger partial charge in [-0.3, -0.25) is 25.0 Å². The van der Waals surface area contributed by atoms with E-state index in [0.717, 1.165) is 29.5 Å². The predicted octanol–water partition coefficient (Wildman–Crippen LogP) is 3.68. The number of rotatable bonds is 5. The molecular weight excluding hydrogens is 404 g/mol. The Morgan fingerprint density at radius 1 is 1.07 bits per heavy atom. The number of carboxylic acid groups (broad SMARTS) is 1. The van der Waals surface area contributed by atoms with Crippen LogP contribution in [-0.2, 0) is 0 Å². The van der Waals surface area contributed by atoms with E-state index >= 15 is 0 Å². The molecule has 0 fully saturated rings. The number of carbonyl (C=O) groups excluding carboxylic acids is 1. The van der Waals surface area contributed by atoms with E-state index in [9.17, 15) is 34.9 Å². The highest BCUT2D eigenvalue weighted by Gasteiger charge is 2.25. The molecule has 148 valence electrons. The molecule has 0 unspecified atom stereocenters. The first-order valence-electron chi connectivity index (χ1n) is 7.97. The molecule has 2 N–H and O–H groups in total. The van der Waals surface area contributed by atoms with Gasteiger partial charge in [0.05, 0.1) is 27.2 Å². The zero-order chi connectivity index (χ0) is 21.5. The number of thiophene rings is 1. The number of fused-ring (bicyclic) bond motifs is 1. The Kier molecular flexibility index (Phi) is 4.95. The van der Waals surface area contributed by atoms with Crippen LogP contribution >= 0.6 is 11.3 Å². The maximum atomic E-state index is 12.7. The van der Waals surface area contributed by atoms with Crippen LogP contribution in [0.1, 0.15) is 31.3 Å². The van der Waals surface area contributed by atoms with Crippen LogP contribution in [0.2, 0.25) is 0 Å². The lowest BCUT2D eigenvalue weighted by atomic mass is 10.1. The number of hydrogen-bond donors (Lipinski definition) is 2. The van der Waals surface area contributed by atoms with Gasteiger partial charge in [-0.05, 0) is 25.5 Å². The zero-order valence-corrected chi connectivity index (χ0v) is 15.8. The number of anilines is 1. The average Bonchev–Trinajstić information content (AvgIpc) is 2.99. The quantitative estimate of drug-likeness (QED) is 0.469. The summed E-state index contributed by atoms with van der Waals surface area (Å²) in [5, 5.41) is 34.4. The number of nitrogens with zero attached hydrogens (tertiary/aromatic N) is 3. The Bertz CT molecular complexity index is 1190. The van der Waals surface area contributed by atoms with E-state index in [-0.39, 0.29) is 16.1 Å². The van der Waals surface area contributed by atoms with Gasteiger partial charge in [-0.2, -0.15) is 0 Å². The molecule has 29 heavy (non-hydrogen) atoms. The molecule has 0 saturated heterocycles. The minimum Gasteiger partial charge on any atom is -0.477 e. The summed E-state index contributed by atoms with van der Waals surface area (Å²) in [5.74, 6) is -2.20. The maximum Gasteiger partial charge on any atom is 0.348 e. The summed E-state index contributed by atoms with van der Waals surface area (Å²) < 4.78 is 0. The zero-order valence-electron chi connectivity index (χ0n) is 15.0. The summed E-state index contributed by atoms with van der Waals surface area (Å²) in [7, 11) is 0. The normalized spacial score (nSPS) is 10.7. The number of hydrogen-bond acceptors (Lipinski definition) is 8. The summed E-state index contributed by atoms with van der Waals surface area (Å²) >= 11 is 0.872. The van der Waals surface area contributed by atoms with Crippen molar-refractivity contribution in [2.45, 2.75) is 13.8 Å². The average molecular weight is 416 g/mol. The number of non-ortho nitro benzene ring substituents is 2. The number of carbonyl (C=O) groups is 2. The summed E-state index contributed by atoms with van der Waals surface area (Å²) in [6.45, 7) is 3.47. The van der Waals surface area contributed by atoms with Crippen LogP contribution in [0.4, 0.5) is 17.1 Å². The van der Waals surface area contributed by atoms with Crippen molar-refractivity contribution in [2.24, 2.45) is 0 Å². The molecule has 0 spiro atoms. The van der Waals surface area contributed by atoms with Crippen molar-refractivity contribution < 1.29 is 24.5 Å². The van der Waals surface area contributed by atoms with Crippen LogP contribution in [0.5, 0.6) is 0 Å². The van der Waals surface area contributed by atoms with Gasteiger partial charge >= 0.3 is 5.97 Å². The Morgan fingerprint density at radius 2 is 1.66 bits per heavy atom. The van der Waals surface area contributed by atoms with Gasteiger partial charge in [-0.25, -0.2) is 9.78 Å². The highest BCUT2D eigenvalue weighted by Crippen LogP contribution is 2.37. The van der Waals surface area contributed by atoms with E-state index in [1.165, 1.54) is 0 Å². The molecule has 0 aliphatic heterocycles. The van der Waals surface area contributed by atoms with Gasteiger partial charge in [0.2, 0.25) is 0 Å². The second-order valence-electron chi connectivity index (χ2n) is 6.08. The van der Waals surface area contributed by atoms with E-state index < -0.39 is 33.1 Å². The summed E-state index contributed by atoms with van der Waals surface area (Å²) in [6, 6.07) is 4.21. The first kappa shape index (κ1) is 19.8. The van der Waals surface area contributed by atoms with Gasteiger partial charge in [0.1, 0.15) is 9.71 Å². The molecule has 2 aromatic heterocycles. The number of nitro benzene ring substituents is 2. The van der Waals surface area contributed by atoms with E-state index in [2.05, 4.69) is 10.3 Å². The summed E-state index contributed by atoms with van der Waals surface area (Å²) in [6.07, 6.45) is 0. The third-order valence-electron chi connectivity index (χ3n) is 4.01. The molecule has 0 radical (unpaired) electrons. The number of carboxylic acids is 1. The second-order valence-corrected chi connectivity index (χ2v) is 7.08. The van der Waals surface area contributed by atoms with Gasteiger partial charge in [-0.1, -0.05) is 0 Å². The predicted molar refractivity (Wildman–Crippen MR) is 104 cm³/mol. The molecule has 0 aliphatic carbocycles. The number of aromatic carboxylic acids is 1. The number of amides is 1. The Balaban J connectivity index is 2.13. The highest BCUT2D eigenvalue weighted by molar-refractivity contribution is 7.21. The molecule has 0 bridgehead atoms. The van der Waals surface area contributed by atoms with Crippen LogP contribution in [0.3, 0.4) is 0 Å². The van der Waals surface area contributed by atoms with Crippen molar-refractivity contribution in [1.29, 1.82) is 0 Å². The molecule has 12 heteroatoms. The molecule has 11 nitrogen and oxygen atoms in total. The third-order valence-corrected chi connectivity index (χ3v) is 5.08. The lowest BCUT2D eigenvalue weighted by Gasteiger charge is -2.08. The molecule has 0 saturated carbocycles. The van der Waals surface area contributed by atoms with Gasteiger partial charge in [0, 0.05) is 23.2 Å². The Morgan fingerprint density at radius 3 is 2.17 bits per heavy atom. The standard InChI is InChI=1S/C17H12N4O7S/c1-7-3-8(2)18-16-12(7)13(14(29-16)17(23)24)19-15(22)9-4-10(20(25)26)6-11(5-9)21(27)28/h3-6H,1-2H3,(H,19,22)(H,23,24). The van der Waals surface area contributed by atoms with E-state index in [1.807, 2.05) is 0 Å². The fraction of sp³-hybridized carbons (Fsp3) is 0.118. The number of benzene rings is 1. The fourth-order valence-electron chi connectivity index (χ4n) is 2.83. The molecule has 1 amide bonds. The first-order valence-corrected chi connectivity index (χ1v) is 8.79. The largest absolute Gasteiger partial charge is 0.477 e. The molecule has 1 aromatic carbocycles. The minimum atomic E-state index is -1.29. The van der Waals surface area contributed by atoms with Crippen molar-refractivity contribution in [3.63, 3.8) is 0 Å². The lowest BCUT2D eigenvalue weighted by Crippen LogP contribution is -2.14. The highest BCUT2D eigenvalue weighted by atomic mass is 32.1. The minimum absolute atomic E-state index is 0.0124. The van der Waals surface area contributed by atoms with Crippen LogP contribution in [0.15, 0.2) is 24.3 Å². The SMILES string of the molecule is Cc1cc(C)c2c(NC(=O)c3cc([N+](=O)[O-])cc([N+](=O)[O-])c3)c(C(=O)O)sc2n1. The van der Waals surface area contributed by atoms with Crippen molar-refractivity contribution >= 4 is 50.5 Å². The van der Waals surface area contributed by atoms with Gasteiger partial charge in [0.15, 0.2) is 0 Å². The summed E-state index contributed by atoms with van der Waals surface area (Å²) in [4.78, 5) is 49.2. The van der Waals surface area contributed by atoms with E-state index in [1.54, 1.807) is 19.9 Å². The van der Waals surface area contributed by atoms with Crippen LogP contribution in [-0.4, -0.2) is 31.8 Å². The smallest absolute Gasteiger partial charge is 0.348 e. The maximum absolute atomic E-state index is 12.7. The topological polar surface area (TPSA) is 166 Å². The Labute approximate surface area is 165 Å². The van der Waals surface area contributed by atoms with Crippen LogP contribution in [0.25, 0.3) is 10.2 Å². The molecule has 2 heterocycles. The number of aryl methyl sites for hydroxylation is 2. The number of pyridine rings is 1. The van der Waals surface area contributed by atoms with Crippen molar-refractivity contribution in [1.82, 2.24) is 4.98 Å². The fourth-order valence-corrected chi connectivity index (χ4v) is 3.92. The van der Waals surface area contributed by atoms with Gasteiger partial charge in [0.25, 0.3) is 17.3 Å². The van der Waals surface area contributed by atoms with E-state index in [4.69, 9.17) is 0 Å².